The van der Waals surface area contributed by atoms with E-state index in [-0.39, 0.29) is 6.54 Å². The van der Waals surface area contributed by atoms with Crippen LogP contribution in [-0.4, -0.2) is 53.2 Å². The molecule has 0 saturated carbocycles. The van der Waals surface area contributed by atoms with Crippen molar-refractivity contribution in [2.24, 2.45) is 14.1 Å². The molecular formula is C27H48FN7O2. The van der Waals surface area contributed by atoms with Crippen LogP contribution in [0.15, 0.2) is 48.7 Å². The van der Waals surface area contributed by atoms with Crippen molar-refractivity contribution in [2.45, 2.75) is 53.5 Å². The molecule has 0 spiro atoms. The van der Waals surface area contributed by atoms with Crippen LogP contribution in [-0.2, 0) is 25.4 Å². The van der Waals surface area contributed by atoms with E-state index in [1.807, 2.05) is 55.8 Å². The number of aryl methyl sites for hydroxylation is 2. The maximum Gasteiger partial charge on any atom is 0.407 e. The van der Waals surface area contributed by atoms with Crippen molar-refractivity contribution in [3.63, 3.8) is 0 Å². The van der Waals surface area contributed by atoms with Gasteiger partial charge in [-0.15, -0.1) is 0 Å². The summed E-state index contributed by atoms with van der Waals surface area (Å²) >= 11 is 0. The first-order chi connectivity index (χ1) is 17.6. The van der Waals surface area contributed by atoms with Crippen LogP contribution in [0.1, 0.15) is 58.3 Å². The van der Waals surface area contributed by atoms with Crippen molar-refractivity contribution in [3.8, 4) is 0 Å². The second-order valence-electron chi connectivity index (χ2n) is 7.76. The van der Waals surface area contributed by atoms with E-state index < -0.39 is 11.9 Å². The molecule has 9 nitrogen and oxygen atoms in total. The fourth-order valence-electron chi connectivity index (χ4n) is 2.38. The topological polar surface area (TPSA) is 98.0 Å². The molecule has 210 valence electrons. The maximum absolute atomic E-state index is 12.5. The molecule has 2 rings (SSSR count). The van der Waals surface area contributed by atoms with Crippen LogP contribution in [0.25, 0.3) is 6.08 Å². The molecule has 0 saturated heterocycles. The Morgan fingerprint density at radius 1 is 1.22 bits per heavy atom. The van der Waals surface area contributed by atoms with Gasteiger partial charge in [-0.1, -0.05) is 52.3 Å². The highest BCUT2D eigenvalue weighted by Gasteiger charge is 2.03. The van der Waals surface area contributed by atoms with Gasteiger partial charge in [0.1, 0.15) is 11.6 Å². The first-order valence-corrected chi connectivity index (χ1v) is 12.4. The zero-order valence-corrected chi connectivity index (χ0v) is 24.2. The fraction of sp³-hybridized carbons (Fsp3) is 0.519. The summed E-state index contributed by atoms with van der Waals surface area (Å²) in [7, 11) is 8.94. The lowest BCUT2D eigenvalue weighted by atomic mass is 10.2. The van der Waals surface area contributed by atoms with Crippen molar-refractivity contribution in [1.82, 2.24) is 30.0 Å². The molecular weight excluding hydrogens is 473 g/mol. The summed E-state index contributed by atoms with van der Waals surface area (Å²) in [6.45, 7) is 12.2. The number of rotatable bonds is 9. The van der Waals surface area contributed by atoms with Crippen LogP contribution in [0.5, 0.6) is 0 Å². The number of hydrogen-bond donors (Lipinski definition) is 3. The summed E-state index contributed by atoms with van der Waals surface area (Å²) in [5.41, 5.74) is 2.43. The molecule has 10 heteroatoms. The van der Waals surface area contributed by atoms with Gasteiger partial charge in [0, 0.05) is 52.1 Å². The average Bonchev–Trinajstić information content (AvgIpc) is 3.47. The number of methoxy groups -OCH3 is 1. The molecule has 0 atom stereocenters. The largest absolute Gasteiger partial charge is 0.453 e. The standard InChI is InChI=1S/C9H15N3.C8H12FNO2.C6H11N3.C4H10/c1-4-5-6-8-7-9(10-2)12(3)11-8;1-4-7(6(2)9)5-10-8(11)12-3;1-7-3-6-4-9(2)5-8-6;1-3-4-2/h5-7,10H,4H2,1-3H3;4H,2,5H2,1,3H3,(H,10,11);4-5,7H,3H2,1-2H3;3-4H2,1-2H3/b6-5+;7-4-;;. The quantitative estimate of drug-likeness (QED) is 0.372. The summed E-state index contributed by atoms with van der Waals surface area (Å²) in [5.74, 6) is 0.486. The van der Waals surface area contributed by atoms with Crippen LogP contribution >= 0.6 is 0 Å². The Morgan fingerprint density at radius 2 is 1.86 bits per heavy atom. The highest BCUT2D eigenvalue weighted by atomic mass is 19.1. The Kier molecular flexibility index (Phi) is 22.3. The lowest BCUT2D eigenvalue weighted by molar-refractivity contribution is 0.172. The summed E-state index contributed by atoms with van der Waals surface area (Å²) in [5, 5.41) is 12.7. The number of aromatic nitrogens is 4. The van der Waals surface area contributed by atoms with Gasteiger partial charge in [-0.05, 0) is 26.5 Å². The molecule has 0 aliphatic carbocycles. The molecule has 0 aromatic carbocycles. The van der Waals surface area contributed by atoms with Crippen molar-refractivity contribution < 1.29 is 13.9 Å². The molecule has 0 radical (unpaired) electrons. The second kappa shape index (κ2) is 23.0. The number of allylic oxidation sites excluding steroid dienone is 2. The van der Waals surface area contributed by atoms with Crippen molar-refractivity contribution in [2.75, 3.05) is 33.1 Å². The lowest BCUT2D eigenvalue weighted by Gasteiger charge is -2.04. The zero-order valence-electron chi connectivity index (χ0n) is 24.2. The molecule has 0 aliphatic rings. The Balaban J connectivity index is 0. The predicted molar refractivity (Wildman–Crippen MR) is 153 cm³/mol. The predicted octanol–water partition coefficient (Wildman–Crippen LogP) is 5.60. The highest BCUT2D eigenvalue weighted by Crippen LogP contribution is 2.09. The number of nitrogens with one attached hydrogen (secondary N) is 3. The van der Waals surface area contributed by atoms with E-state index in [4.69, 9.17) is 0 Å². The van der Waals surface area contributed by atoms with E-state index >= 15 is 0 Å². The van der Waals surface area contributed by atoms with Crippen molar-refractivity contribution in [3.05, 3.63) is 60.1 Å². The van der Waals surface area contributed by atoms with Gasteiger partial charge in [0.25, 0.3) is 0 Å². The zero-order chi connectivity index (χ0) is 28.6. The Hall–Kier alpha value is -3.40. The summed E-state index contributed by atoms with van der Waals surface area (Å²) < 4.78 is 20.5. The Morgan fingerprint density at radius 3 is 2.24 bits per heavy atom. The molecule has 2 aromatic rings. The van der Waals surface area contributed by atoms with Gasteiger partial charge in [-0.25, -0.2) is 14.2 Å². The number of alkyl carbamates (subject to hydrolysis) is 1. The number of amides is 1. The Bertz CT molecular complexity index is 931. The monoisotopic (exact) mass is 521 g/mol. The summed E-state index contributed by atoms with van der Waals surface area (Å²) in [4.78, 5) is 14.6. The SMILES string of the molecule is C=C(F)/C(=C\C)CNC(=O)OC.CC/C=C/c1cc(NC)n(C)n1.CCCC.CNCc1cn(C)cn1. The van der Waals surface area contributed by atoms with Gasteiger partial charge in [-0.2, -0.15) is 5.10 Å². The number of imidazole rings is 1. The number of unbranched alkanes of at least 4 members (excludes halogenated alkanes) is 1. The minimum Gasteiger partial charge on any atom is -0.453 e. The normalized spacial score (nSPS) is 10.3. The number of anilines is 1. The number of halogens is 1. The summed E-state index contributed by atoms with van der Waals surface area (Å²) in [6.07, 6.45) is 12.6. The van der Waals surface area contributed by atoms with E-state index in [1.165, 1.54) is 26.0 Å². The van der Waals surface area contributed by atoms with Crippen LogP contribution in [0.3, 0.4) is 0 Å². The molecule has 0 aliphatic heterocycles. The van der Waals surface area contributed by atoms with Gasteiger partial charge in [-0.3, -0.25) is 4.68 Å². The van der Waals surface area contributed by atoms with Gasteiger partial charge < -0.3 is 25.3 Å². The fourth-order valence-corrected chi connectivity index (χ4v) is 2.38. The van der Waals surface area contributed by atoms with Crippen LogP contribution in [0, 0.1) is 0 Å². The minimum atomic E-state index is -0.587. The molecule has 0 fully saturated rings. The molecule has 37 heavy (non-hydrogen) atoms. The Labute approximate surface area is 222 Å². The molecule has 3 N–H and O–H groups in total. The van der Waals surface area contributed by atoms with E-state index in [0.717, 1.165) is 30.2 Å². The third-order valence-corrected chi connectivity index (χ3v) is 4.60. The first kappa shape index (κ1) is 35.8. The first-order valence-electron chi connectivity index (χ1n) is 12.4. The molecule has 0 unspecified atom stereocenters. The third-order valence-electron chi connectivity index (χ3n) is 4.60. The van der Waals surface area contributed by atoms with Crippen LogP contribution in [0.2, 0.25) is 0 Å². The van der Waals surface area contributed by atoms with Crippen LogP contribution < -0.4 is 16.0 Å². The second-order valence-corrected chi connectivity index (χ2v) is 7.76. The lowest BCUT2D eigenvalue weighted by Crippen LogP contribution is -2.25. The van der Waals surface area contributed by atoms with Gasteiger partial charge in [0.2, 0.25) is 0 Å². The summed E-state index contributed by atoms with van der Waals surface area (Å²) in [6, 6.07) is 2.02. The number of carbonyl (C=O) groups excluding carboxylic acids is 1. The number of carbonyl (C=O) groups is 1. The van der Waals surface area contributed by atoms with E-state index in [0.29, 0.717) is 5.57 Å². The van der Waals surface area contributed by atoms with Crippen molar-refractivity contribution in [1.29, 1.82) is 0 Å². The third kappa shape index (κ3) is 18.5. The number of nitrogens with zero attached hydrogens (tertiary/aromatic N) is 4. The molecule has 0 bridgehead atoms. The van der Waals surface area contributed by atoms with E-state index in [9.17, 15) is 9.18 Å². The van der Waals surface area contributed by atoms with Gasteiger partial charge in [0.15, 0.2) is 0 Å². The minimum absolute atomic E-state index is 0.0957. The number of hydrogen-bond acceptors (Lipinski definition) is 6. The van der Waals surface area contributed by atoms with Crippen LogP contribution in [0.4, 0.5) is 15.0 Å². The smallest absolute Gasteiger partial charge is 0.407 e. The maximum atomic E-state index is 12.5. The van der Waals surface area contributed by atoms with Gasteiger partial charge >= 0.3 is 6.09 Å². The van der Waals surface area contributed by atoms with E-state index in [1.54, 1.807) is 13.3 Å². The van der Waals surface area contributed by atoms with E-state index in [2.05, 4.69) is 64.2 Å². The highest BCUT2D eigenvalue weighted by molar-refractivity contribution is 5.67. The molecule has 1 amide bonds. The molecule has 2 heterocycles. The average molecular weight is 522 g/mol. The van der Waals surface area contributed by atoms with Gasteiger partial charge in [0.05, 0.1) is 24.8 Å². The molecule has 2 aromatic heterocycles. The van der Waals surface area contributed by atoms with Crippen molar-refractivity contribution >= 4 is 18.0 Å². The number of ether oxygens (including phenoxy) is 1.